The number of hydrogen-bond donors (Lipinski definition) is 0. The van der Waals surface area contributed by atoms with Crippen molar-refractivity contribution in [3.05, 3.63) is 0 Å². The van der Waals surface area contributed by atoms with Gasteiger partial charge in [-0.3, -0.25) is 0 Å². The molecule has 3 atom stereocenters. The van der Waals surface area contributed by atoms with E-state index in [-0.39, 0.29) is 0 Å². The second-order valence-electron chi connectivity index (χ2n) is 4.13. The van der Waals surface area contributed by atoms with Crippen molar-refractivity contribution in [2.24, 2.45) is 17.3 Å². The first-order valence-corrected chi connectivity index (χ1v) is 4.26. The van der Waals surface area contributed by atoms with Crippen LogP contribution in [0.15, 0.2) is 0 Å². The van der Waals surface area contributed by atoms with Crippen LogP contribution in [-0.2, 0) is 0 Å². The van der Waals surface area contributed by atoms with Crippen LogP contribution in [-0.4, -0.2) is 0 Å². The average Bonchev–Trinajstić information content (AvgIpc) is 2.29. The van der Waals surface area contributed by atoms with Crippen LogP contribution in [0.5, 0.6) is 0 Å². The SMILES string of the molecule is CC1CC12CCC[C@@H]2C. The smallest absolute Gasteiger partial charge is 0.0243 e. The number of hydrogen-bond acceptors (Lipinski definition) is 0. The molecule has 0 N–H and O–H groups in total. The molecule has 2 aliphatic rings. The van der Waals surface area contributed by atoms with Gasteiger partial charge in [-0.05, 0) is 30.1 Å². The van der Waals surface area contributed by atoms with Gasteiger partial charge in [0.25, 0.3) is 0 Å². The average molecular weight is 124 g/mol. The van der Waals surface area contributed by atoms with E-state index >= 15 is 0 Å². The third-order valence-corrected chi connectivity index (χ3v) is 3.77. The summed E-state index contributed by atoms with van der Waals surface area (Å²) in [6, 6.07) is 0. The normalized spacial score (nSPS) is 56.7. The van der Waals surface area contributed by atoms with Gasteiger partial charge < -0.3 is 0 Å². The standard InChI is InChI=1S/C9H16/c1-7-4-3-5-9(7)6-8(9)2/h7-8H,3-6H2,1-2H3/t7-,8?,9?/m0/s1. The van der Waals surface area contributed by atoms with Crippen molar-refractivity contribution in [1.82, 2.24) is 0 Å². The Kier molecular flexibility index (Phi) is 0.980. The van der Waals surface area contributed by atoms with Crippen molar-refractivity contribution in [3.63, 3.8) is 0 Å². The summed E-state index contributed by atoms with van der Waals surface area (Å²) in [5.41, 5.74) is 0.861. The molecule has 0 aliphatic heterocycles. The summed E-state index contributed by atoms with van der Waals surface area (Å²) >= 11 is 0. The van der Waals surface area contributed by atoms with Gasteiger partial charge in [0.1, 0.15) is 0 Å². The summed E-state index contributed by atoms with van der Waals surface area (Å²) in [5, 5.41) is 0. The lowest BCUT2D eigenvalue weighted by molar-refractivity contribution is 0.365. The molecule has 0 aromatic carbocycles. The van der Waals surface area contributed by atoms with Crippen LogP contribution >= 0.6 is 0 Å². The Morgan fingerprint density at radius 1 is 1.22 bits per heavy atom. The van der Waals surface area contributed by atoms with Crippen LogP contribution < -0.4 is 0 Å². The van der Waals surface area contributed by atoms with E-state index in [9.17, 15) is 0 Å². The molecule has 9 heavy (non-hydrogen) atoms. The molecular formula is C9H16. The highest BCUT2D eigenvalue weighted by molar-refractivity contribution is 5.05. The Bertz CT molecular complexity index is 128. The lowest BCUT2D eigenvalue weighted by Gasteiger charge is -2.12. The summed E-state index contributed by atoms with van der Waals surface area (Å²) in [4.78, 5) is 0. The highest BCUT2D eigenvalue weighted by atomic mass is 14.6. The minimum Gasteiger partial charge on any atom is -0.0620 e. The van der Waals surface area contributed by atoms with Crippen LogP contribution in [0.4, 0.5) is 0 Å². The monoisotopic (exact) mass is 124 g/mol. The van der Waals surface area contributed by atoms with Crippen LogP contribution in [0.3, 0.4) is 0 Å². The molecule has 2 rings (SSSR count). The predicted molar refractivity (Wildman–Crippen MR) is 39.2 cm³/mol. The Morgan fingerprint density at radius 2 is 1.89 bits per heavy atom. The van der Waals surface area contributed by atoms with Crippen LogP contribution in [0.25, 0.3) is 0 Å². The molecule has 0 bridgehead atoms. The summed E-state index contributed by atoms with van der Waals surface area (Å²) in [6.07, 6.45) is 6.08. The Morgan fingerprint density at radius 3 is 2.11 bits per heavy atom. The van der Waals surface area contributed by atoms with Crippen molar-refractivity contribution in [2.45, 2.75) is 39.5 Å². The molecule has 0 heterocycles. The van der Waals surface area contributed by atoms with Crippen molar-refractivity contribution >= 4 is 0 Å². The fourth-order valence-corrected chi connectivity index (χ4v) is 2.82. The van der Waals surface area contributed by atoms with E-state index in [1.54, 1.807) is 0 Å². The van der Waals surface area contributed by atoms with Gasteiger partial charge in [0.15, 0.2) is 0 Å². The minimum absolute atomic E-state index is 0.861. The largest absolute Gasteiger partial charge is 0.0620 e. The Balaban J connectivity index is 2.12. The third kappa shape index (κ3) is 0.595. The van der Waals surface area contributed by atoms with Gasteiger partial charge in [-0.2, -0.15) is 0 Å². The van der Waals surface area contributed by atoms with Gasteiger partial charge in [-0.25, -0.2) is 0 Å². The fourth-order valence-electron chi connectivity index (χ4n) is 2.82. The molecule has 52 valence electrons. The van der Waals surface area contributed by atoms with E-state index < -0.39 is 0 Å². The van der Waals surface area contributed by atoms with Crippen LogP contribution in [0, 0.1) is 17.3 Å². The van der Waals surface area contributed by atoms with Gasteiger partial charge >= 0.3 is 0 Å². The van der Waals surface area contributed by atoms with E-state index in [1.165, 1.54) is 25.7 Å². The van der Waals surface area contributed by atoms with Gasteiger partial charge in [-0.1, -0.05) is 26.7 Å². The maximum atomic E-state index is 2.44. The zero-order valence-electron chi connectivity index (χ0n) is 6.48. The molecular weight excluding hydrogens is 108 g/mol. The van der Waals surface area contributed by atoms with Crippen molar-refractivity contribution in [2.75, 3.05) is 0 Å². The van der Waals surface area contributed by atoms with Crippen LogP contribution in [0.2, 0.25) is 0 Å². The second-order valence-corrected chi connectivity index (χ2v) is 4.13. The lowest BCUT2D eigenvalue weighted by Crippen LogP contribution is -2.05. The van der Waals surface area contributed by atoms with Crippen LogP contribution in [0.1, 0.15) is 39.5 Å². The maximum Gasteiger partial charge on any atom is -0.0243 e. The maximum absolute atomic E-state index is 2.44. The summed E-state index contributed by atoms with van der Waals surface area (Å²) in [7, 11) is 0. The molecule has 0 nitrogen and oxygen atoms in total. The topological polar surface area (TPSA) is 0 Å². The lowest BCUT2D eigenvalue weighted by atomic mass is 9.92. The summed E-state index contributed by atoms with van der Waals surface area (Å²) in [5.74, 6) is 2.11. The van der Waals surface area contributed by atoms with E-state index in [4.69, 9.17) is 0 Å². The first kappa shape index (κ1) is 5.76. The van der Waals surface area contributed by atoms with Gasteiger partial charge in [-0.15, -0.1) is 0 Å². The predicted octanol–water partition coefficient (Wildman–Crippen LogP) is 2.83. The number of rotatable bonds is 0. The summed E-state index contributed by atoms with van der Waals surface area (Å²) in [6.45, 7) is 4.86. The van der Waals surface area contributed by atoms with Crippen molar-refractivity contribution < 1.29 is 0 Å². The Labute approximate surface area is 57.6 Å². The Hall–Kier alpha value is 0. The van der Waals surface area contributed by atoms with Crippen molar-refractivity contribution in [3.8, 4) is 0 Å². The first-order valence-electron chi connectivity index (χ1n) is 4.26. The molecule has 0 aromatic rings. The quantitative estimate of drug-likeness (QED) is 0.466. The fraction of sp³-hybridized carbons (Fsp3) is 1.00. The molecule has 2 fully saturated rings. The molecule has 2 aliphatic carbocycles. The molecule has 0 radical (unpaired) electrons. The second kappa shape index (κ2) is 1.53. The van der Waals surface area contributed by atoms with E-state index in [1.807, 2.05) is 0 Å². The third-order valence-electron chi connectivity index (χ3n) is 3.77. The molecule has 2 saturated carbocycles. The zero-order valence-corrected chi connectivity index (χ0v) is 6.48. The summed E-state index contributed by atoms with van der Waals surface area (Å²) < 4.78 is 0. The van der Waals surface area contributed by atoms with E-state index in [0.717, 1.165) is 17.3 Å². The minimum atomic E-state index is 0.861. The molecule has 0 heteroatoms. The molecule has 0 amide bonds. The molecule has 0 aromatic heterocycles. The van der Waals surface area contributed by atoms with Crippen molar-refractivity contribution in [1.29, 1.82) is 0 Å². The molecule has 1 spiro atoms. The molecule has 2 unspecified atom stereocenters. The highest BCUT2D eigenvalue weighted by Gasteiger charge is 2.56. The van der Waals surface area contributed by atoms with E-state index in [2.05, 4.69) is 13.8 Å². The zero-order chi connectivity index (χ0) is 6.48. The van der Waals surface area contributed by atoms with E-state index in [0.29, 0.717) is 0 Å². The molecule has 0 saturated heterocycles. The first-order chi connectivity index (χ1) is 4.26. The van der Waals surface area contributed by atoms with Gasteiger partial charge in [0.05, 0.1) is 0 Å². The van der Waals surface area contributed by atoms with Gasteiger partial charge in [0.2, 0.25) is 0 Å². The highest BCUT2D eigenvalue weighted by Crippen LogP contribution is 2.65. The van der Waals surface area contributed by atoms with Gasteiger partial charge in [0, 0.05) is 0 Å².